The minimum absolute atomic E-state index is 0.00981. The van der Waals surface area contributed by atoms with E-state index in [9.17, 15) is 19.5 Å². The first-order valence-corrected chi connectivity index (χ1v) is 11.9. The van der Waals surface area contributed by atoms with E-state index in [1.54, 1.807) is 0 Å². The second-order valence-electron chi connectivity index (χ2n) is 11.1. The second kappa shape index (κ2) is 6.37. The van der Waals surface area contributed by atoms with Crippen molar-refractivity contribution in [3.8, 4) is 0 Å². The standard InChI is InChI=1S/C24H30O9/c1-11(2)23-16(32-23)9-22(29)21(3)7-6-12-13(10-30-19(12)28)14(21)8-15-24(22,33-15)20(23)31-18(27)5-4-17(25)26/h11,14-16,20,29H,4-10H2,1-3H3,(H,25,26)/t14?,15-,16-,20+,21-,22+,23-,24+/m0/s1. The van der Waals surface area contributed by atoms with Gasteiger partial charge in [0.05, 0.1) is 25.0 Å². The van der Waals surface area contributed by atoms with Gasteiger partial charge in [-0.15, -0.1) is 0 Å². The second-order valence-corrected chi connectivity index (χ2v) is 11.1. The molecule has 4 fully saturated rings. The number of aliphatic carboxylic acids is 1. The van der Waals surface area contributed by atoms with Crippen molar-refractivity contribution in [3.05, 3.63) is 11.1 Å². The van der Waals surface area contributed by atoms with E-state index in [4.69, 9.17) is 24.1 Å². The molecule has 2 N–H and O–H groups in total. The van der Waals surface area contributed by atoms with E-state index in [0.717, 1.165) is 11.1 Å². The van der Waals surface area contributed by atoms with Crippen LogP contribution in [0.5, 0.6) is 0 Å². The van der Waals surface area contributed by atoms with E-state index in [0.29, 0.717) is 25.7 Å². The summed E-state index contributed by atoms with van der Waals surface area (Å²) in [4.78, 5) is 35.9. The largest absolute Gasteiger partial charge is 0.481 e. The first-order chi connectivity index (χ1) is 15.5. The van der Waals surface area contributed by atoms with Crippen LogP contribution in [0.15, 0.2) is 11.1 Å². The Morgan fingerprint density at radius 2 is 1.97 bits per heavy atom. The third-order valence-corrected chi connectivity index (χ3v) is 9.64. The molecule has 3 heterocycles. The first kappa shape index (κ1) is 21.6. The SMILES string of the molecule is CC(C)[C@]12O[C@H]1C[C@]1(O)[C@]3(O[C@H]3CC3C4=C(CC[C@@]31C)C(=O)OC4)[C@@H]2OC(=O)CCC(=O)O. The maximum absolute atomic E-state index is 12.7. The Kier molecular flexibility index (Phi) is 4.16. The highest BCUT2D eigenvalue weighted by Crippen LogP contribution is 2.76. The molecular weight excluding hydrogens is 432 g/mol. The molecule has 0 radical (unpaired) electrons. The third-order valence-electron chi connectivity index (χ3n) is 9.64. The summed E-state index contributed by atoms with van der Waals surface area (Å²) in [6, 6.07) is 0. The van der Waals surface area contributed by atoms with E-state index in [1.165, 1.54) is 0 Å². The number of carboxylic acid groups (broad SMARTS) is 1. The summed E-state index contributed by atoms with van der Waals surface area (Å²) < 4.78 is 23.9. The van der Waals surface area contributed by atoms with Crippen LogP contribution in [-0.4, -0.2) is 69.8 Å². The maximum Gasteiger partial charge on any atom is 0.334 e. The molecule has 2 saturated heterocycles. The Bertz CT molecular complexity index is 1000. The fourth-order valence-corrected chi connectivity index (χ4v) is 7.79. The van der Waals surface area contributed by atoms with Gasteiger partial charge in [0.2, 0.25) is 0 Å². The smallest absolute Gasteiger partial charge is 0.334 e. The number of ether oxygens (including phenoxy) is 4. The van der Waals surface area contributed by atoms with Gasteiger partial charge in [-0.3, -0.25) is 9.59 Å². The normalized spacial score (nSPS) is 48.7. The van der Waals surface area contributed by atoms with Gasteiger partial charge >= 0.3 is 17.9 Å². The predicted molar refractivity (Wildman–Crippen MR) is 110 cm³/mol. The Morgan fingerprint density at radius 1 is 1.21 bits per heavy atom. The highest BCUT2D eigenvalue weighted by atomic mass is 16.7. The number of carboxylic acids is 1. The zero-order valence-electron chi connectivity index (χ0n) is 19.1. The molecule has 0 aromatic heterocycles. The Morgan fingerprint density at radius 3 is 2.67 bits per heavy atom. The van der Waals surface area contributed by atoms with Crippen molar-refractivity contribution in [1.29, 1.82) is 0 Å². The Balaban J connectivity index is 1.40. The van der Waals surface area contributed by atoms with E-state index >= 15 is 0 Å². The van der Waals surface area contributed by atoms with Crippen LogP contribution >= 0.6 is 0 Å². The van der Waals surface area contributed by atoms with Crippen molar-refractivity contribution in [2.24, 2.45) is 17.3 Å². The summed E-state index contributed by atoms with van der Waals surface area (Å²) in [5.41, 5.74) is -2.08. The van der Waals surface area contributed by atoms with Crippen molar-refractivity contribution < 1.29 is 43.5 Å². The van der Waals surface area contributed by atoms with Gasteiger partial charge in [0, 0.05) is 17.4 Å². The molecule has 9 heteroatoms. The highest BCUT2D eigenvalue weighted by molar-refractivity contribution is 5.92. The third kappa shape index (κ3) is 2.41. The molecule has 8 atom stereocenters. The zero-order chi connectivity index (χ0) is 23.6. The molecule has 1 unspecified atom stereocenters. The van der Waals surface area contributed by atoms with E-state index in [2.05, 4.69) is 6.92 Å². The lowest BCUT2D eigenvalue weighted by Crippen LogP contribution is -2.74. The number of esters is 2. The summed E-state index contributed by atoms with van der Waals surface area (Å²) in [5.74, 6) is -2.01. The number of carbonyl (C=O) groups excluding carboxylic acids is 2. The molecule has 33 heavy (non-hydrogen) atoms. The average Bonchev–Trinajstić information content (AvgIpc) is 3.62. The Hall–Kier alpha value is -1.97. The number of epoxide rings is 2. The lowest BCUT2D eigenvalue weighted by molar-refractivity contribution is -0.222. The molecule has 3 aliphatic carbocycles. The zero-order valence-corrected chi connectivity index (χ0v) is 19.1. The van der Waals surface area contributed by atoms with Gasteiger partial charge in [-0.05, 0) is 36.7 Å². The topological polar surface area (TPSA) is 135 Å². The summed E-state index contributed by atoms with van der Waals surface area (Å²) in [5, 5.41) is 21.5. The van der Waals surface area contributed by atoms with E-state index in [-0.39, 0.29) is 49.5 Å². The van der Waals surface area contributed by atoms with E-state index < -0.39 is 40.3 Å². The summed E-state index contributed by atoms with van der Waals surface area (Å²) in [7, 11) is 0. The summed E-state index contributed by atoms with van der Waals surface area (Å²) >= 11 is 0. The average molecular weight is 462 g/mol. The van der Waals surface area contributed by atoms with E-state index in [1.807, 2.05) is 13.8 Å². The number of hydrogen-bond donors (Lipinski definition) is 2. The van der Waals surface area contributed by atoms with Crippen molar-refractivity contribution in [1.82, 2.24) is 0 Å². The minimum atomic E-state index is -1.32. The van der Waals surface area contributed by atoms with Crippen LogP contribution in [0.3, 0.4) is 0 Å². The van der Waals surface area contributed by atoms with Crippen LogP contribution < -0.4 is 0 Å². The predicted octanol–water partition coefficient (Wildman–Crippen LogP) is 1.50. The molecule has 0 amide bonds. The first-order valence-electron chi connectivity index (χ1n) is 11.9. The molecule has 6 aliphatic rings. The van der Waals surface area contributed by atoms with Gasteiger partial charge in [0.1, 0.15) is 17.8 Å². The molecule has 180 valence electrons. The van der Waals surface area contributed by atoms with Crippen LogP contribution in [0, 0.1) is 17.3 Å². The molecule has 9 nitrogen and oxygen atoms in total. The van der Waals surface area contributed by atoms with Crippen molar-refractivity contribution in [2.75, 3.05) is 6.61 Å². The molecule has 1 spiro atoms. The minimum Gasteiger partial charge on any atom is -0.481 e. The number of aliphatic hydroxyl groups is 1. The molecular formula is C24H30O9. The maximum atomic E-state index is 12.7. The van der Waals surface area contributed by atoms with Gasteiger partial charge in [0.25, 0.3) is 0 Å². The molecule has 0 aromatic rings. The molecule has 0 aromatic carbocycles. The lowest BCUT2D eigenvalue weighted by atomic mass is 9.44. The quantitative estimate of drug-likeness (QED) is 0.460. The molecule has 2 saturated carbocycles. The number of carbonyl (C=O) groups is 3. The van der Waals surface area contributed by atoms with Gasteiger partial charge in [-0.1, -0.05) is 20.8 Å². The van der Waals surface area contributed by atoms with Gasteiger partial charge in [-0.2, -0.15) is 0 Å². The number of fused-ring (bicyclic) bond motifs is 4. The highest BCUT2D eigenvalue weighted by Gasteiger charge is 2.91. The lowest BCUT2D eigenvalue weighted by Gasteiger charge is -2.60. The molecule has 3 aliphatic heterocycles. The summed E-state index contributed by atoms with van der Waals surface area (Å²) in [6.45, 7) is 6.32. The van der Waals surface area contributed by atoms with Crippen molar-refractivity contribution in [2.45, 2.75) is 94.4 Å². The van der Waals surface area contributed by atoms with Crippen LogP contribution in [0.4, 0.5) is 0 Å². The fraction of sp³-hybridized carbons (Fsp3) is 0.792. The van der Waals surface area contributed by atoms with Crippen molar-refractivity contribution in [3.63, 3.8) is 0 Å². The number of cyclic esters (lactones) is 1. The molecule has 0 bridgehead atoms. The number of rotatable bonds is 5. The van der Waals surface area contributed by atoms with Crippen molar-refractivity contribution >= 4 is 17.9 Å². The molecule has 6 rings (SSSR count). The summed E-state index contributed by atoms with van der Waals surface area (Å²) in [6.07, 6.45) is 0.0789. The van der Waals surface area contributed by atoms with Gasteiger partial charge in [-0.25, -0.2) is 4.79 Å². The van der Waals surface area contributed by atoms with Crippen LogP contribution in [-0.2, 0) is 33.3 Å². The van der Waals surface area contributed by atoms with Gasteiger partial charge < -0.3 is 29.2 Å². The Labute approximate surface area is 191 Å². The number of hydrogen-bond acceptors (Lipinski definition) is 8. The van der Waals surface area contributed by atoms with Crippen LogP contribution in [0.2, 0.25) is 0 Å². The van der Waals surface area contributed by atoms with Crippen LogP contribution in [0.1, 0.15) is 59.3 Å². The van der Waals surface area contributed by atoms with Crippen LogP contribution in [0.25, 0.3) is 0 Å². The monoisotopic (exact) mass is 462 g/mol. The van der Waals surface area contributed by atoms with Gasteiger partial charge in [0.15, 0.2) is 11.7 Å². The fourth-order valence-electron chi connectivity index (χ4n) is 7.79.